The summed E-state index contributed by atoms with van der Waals surface area (Å²) < 4.78 is 0. The van der Waals surface area contributed by atoms with Crippen LogP contribution >= 0.6 is 0 Å². The lowest BCUT2D eigenvalue weighted by Gasteiger charge is -2.33. The van der Waals surface area contributed by atoms with E-state index in [4.69, 9.17) is 0 Å². The van der Waals surface area contributed by atoms with Crippen molar-refractivity contribution in [2.45, 2.75) is 45.6 Å². The molecular formula is C12H24N2O. The molecule has 0 aromatic carbocycles. The van der Waals surface area contributed by atoms with Crippen LogP contribution < -0.4 is 5.32 Å². The molecule has 1 rings (SSSR count). The van der Waals surface area contributed by atoms with Crippen LogP contribution in [0.4, 0.5) is 0 Å². The Balaban J connectivity index is 2.16. The number of hydrogen-bond acceptors (Lipinski definition) is 2. The Morgan fingerprint density at radius 3 is 2.47 bits per heavy atom. The molecular weight excluding hydrogens is 188 g/mol. The average molecular weight is 212 g/mol. The Hall–Kier alpha value is -0.570. The molecule has 0 radical (unpaired) electrons. The van der Waals surface area contributed by atoms with Gasteiger partial charge in [-0.2, -0.15) is 0 Å². The zero-order valence-electron chi connectivity index (χ0n) is 10.3. The lowest BCUT2D eigenvalue weighted by Crippen LogP contribution is -2.39. The molecule has 0 aromatic rings. The van der Waals surface area contributed by atoms with E-state index in [1.165, 1.54) is 25.7 Å². The second-order valence-corrected chi connectivity index (χ2v) is 4.88. The first-order valence-electron chi connectivity index (χ1n) is 6.04. The number of hydrogen-bond donors (Lipinski definition) is 1. The summed E-state index contributed by atoms with van der Waals surface area (Å²) in [5, 5.41) is 2.84. The van der Waals surface area contributed by atoms with Crippen molar-refractivity contribution in [1.82, 2.24) is 10.2 Å². The molecule has 0 atom stereocenters. The average Bonchev–Trinajstić information content (AvgIpc) is 2.18. The second kappa shape index (κ2) is 6.11. The van der Waals surface area contributed by atoms with E-state index in [0.717, 1.165) is 25.0 Å². The van der Waals surface area contributed by atoms with Gasteiger partial charge in [-0.05, 0) is 38.6 Å². The van der Waals surface area contributed by atoms with Crippen molar-refractivity contribution in [3.05, 3.63) is 0 Å². The molecule has 1 amide bonds. The summed E-state index contributed by atoms with van der Waals surface area (Å²) in [6, 6.07) is 0.731. The van der Waals surface area contributed by atoms with Gasteiger partial charge in [0.2, 0.25) is 5.91 Å². The molecule has 0 aliphatic heterocycles. The minimum absolute atomic E-state index is 0.0701. The minimum Gasteiger partial charge on any atom is -0.355 e. The predicted molar refractivity (Wildman–Crippen MR) is 62.7 cm³/mol. The molecule has 1 N–H and O–H groups in total. The molecule has 0 heterocycles. The van der Waals surface area contributed by atoms with Crippen molar-refractivity contribution < 1.29 is 4.79 Å². The van der Waals surface area contributed by atoms with Crippen LogP contribution in [0.2, 0.25) is 0 Å². The molecule has 1 saturated carbocycles. The van der Waals surface area contributed by atoms with Gasteiger partial charge in [-0.15, -0.1) is 0 Å². The van der Waals surface area contributed by atoms with Crippen LogP contribution in [0.1, 0.15) is 39.5 Å². The molecule has 3 nitrogen and oxygen atoms in total. The molecule has 3 heteroatoms. The van der Waals surface area contributed by atoms with Crippen molar-refractivity contribution in [3.63, 3.8) is 0 Å². The van der Waals surface area contributed by atoms with Crippen LogP contribution in [-0.2, 0) is 4.79 Å². The summed E-state index contributed by atoms with van der Waals surface area (Å²) in [4.78, 5) is 13.1. The van der Waals surface area contributed by atoms with Crippen molar-refractivity contribution in [1.29, 1.82) is 0 Å². The summed E-state index contributed by atoms with van der Waals surface area (Å²) in [6.07, 6.45) is 5.35. The summed E-state index contributed by atoms with van der Waals surface area (Å²) in [5.74, 6) is 0.977. The van der Waals surface area contributed by atoms with Gasteiger partial charge in [0.1, 0.15) is 0 Å². The summed E-state index contributed by atoms with van der Waals surface area (Å²) >= 11 is 0. The number of rotatable bonds is 4. The predicted octanol–water partition coefficient (Wildman–Crippen LogP) is 1.63. The van der Waals surface area contributed by atoms with Gasteiger partial charge in [-0.3, -0.25) is 4.79 Å². The molecule has 0 bridgehead atoms. The maximum Gasteiger partial charge on any atom is 0.216 e. The molecule has 0 spiro atoms. The van der Waals surface area contributed by atoms with Crippen LogP contribution in [0, 0.1) is 5.92 Å². The van der Waals surface area contributed by atoms with E-state index in [1.807, 2.05) is 0 Å². The molecule has 88 valence electrons. The van der Waals surface area contributed by atoms with Gasteiger partial charge < -0.3 is 10.2 Å². The Labute approximate surface area is 93.2 Å². The smallest absolute Gasteiger partial charge is 0.216 e. The van der Waals surface area contributed by atoms with E-state index in [-0.39, 0.29) is 5.91 Å². The fourth-order valence-electron chi connectivity index (χ4n) is 2.27. The topological polar surface area (TPSA) is 32.3 Å². The SMILES string of the molecule is CC(=O)NCCN(C)[C@H]1CC[C@H](C)CC1. The van der Waals surface area contributed by atoms with Crippen molar-refractivity contribution in [2.24, 2.45) is 5.92 Å². The van der Waals surface area contributed by atoms with Crippen molar-refractivity contribution in [2.75, 3.05) is 20.1 Å². The molecule has 0 aromatic heterocycles. The normalized spacial score (nSPS) is 26.7. The highest BCUT2D eigenvalue weighted by molar-refractivity contribution is 5.72. The number of amides is 1. The van der Waals surface area contributed by atoms with Gasteiger partial charge >= 0.3 is 0 Å². The Kier molecular flexibility index (Phi) is 5.09. The molecule has 15 heavy (non-hydrogen) atoms. The molecule has 0 unspecified atom stereocenters. The van der Waals surface area contributed by atoms with Crippen LogP contribution in [0.5, 0.6) is 0 Å². The fraction of sp³-hybridized carbons (Fsp3) is 0.917. The van der Waals surface area contributed by atoms with Gasteiger partial charge in [0.15, 0.2) is 0 Å². The highest BCUT2D eigenvalue weighted by Crippen LogP contribution is 2.26. The molecule has 1 fully saturated rings. The van der Waals surface area contributed by atoms with Gasteiger partial charge in [0, 0.05) is 26.1 Å². The molecule has 0 saturated heterocycles. The third-order valence-electron chi connectivity index (χ3n) is 3.45. The maximum atomic E-state index is 10.7. The van der Waals surface area contributed by atoms with Gasteiger partial charge in [-0.1, -0.05) is 6.92 Å². The van der Waals surface area contributed by atoms with Crippen molar-refractivity contribution >= 4 is 5.91 Å². The number of nitrogens with zero attached hydrogens (tertiary/aromatic N) is 1. The Morgan fingerprint density at radius 1 is 1.33 bits per heavy atom. The quantitative estimate of drug-likeness (QED) is 0.768. The summed E-state index contributed by atoms with van der Waals surface area (Å²) in [6.45, 7) is 5.66. The highest BCUT2D eigenvalue weighted by atomic mass is 16.1. The third kappa shape index (κ3) is 4.65. The number of nitrogens with one attached hydrogen (secondary N) is 1. The zero-order chi connectivity index (χ0) is 11.3. The number of likely N-dealkylation sites (N-methyl/N-ethyl adjacent to an activating group) is 1. The zero-order valence-corrected chi connectivity index (χ0v) is 10.3. The minimum atomic E-state index is 0.0701. The maximum absolute atomic E-state index is 10.7. The van der Waals surface area contributed by atoms with Crippen LogP contribution in [0.15, 0.2) is 0 Å². The van der Waals surface area contributed by atoms with Crippen LogP contribution in [-0.4, -0.2) is 37.0 Å². The van der Waals surface area contributed by atoms with E-state index >= 15 is 0 Å². The Morgan fingerprint density at radius 2 is 1.93 bits per heavy atom. The first-order valence-corrected chi connectivity index (χ1v) is 6.04. The van der Waals surface area contributed by atoms with E-state index in [9.17, 15) is 4.79 Å². The van der Waals surface area contributed by atoms with Gasteiger partial charge in [0.05, 0.1) is 0 Å². The highest BCUT2D eigenvalue weighted by Gasteiger charge is 2.21. The lowest BCUT2D eigenvalue weighted by molar-refractivity contribution is -0.119. The fourth-order valence-corrected chi connectivity index (χ4v) is 2.27. The van der Waals surface area contributed by atoms with Crippen molar-refractivity contribution in [3.8, 4) is 0 Å². The van der Waals surface area contributed by atoms with E-state index in [0.29, 0.717) is 0 Å². The second-order valence-electron chi connectivity index (χ2n) is 4.88. The van der Waals surface area contributed by atoms with E-state index < -0.39 is 0 Å². The number of carbonyl (C=O) groups excluding carboxylic acids is 1. The van der Waals surface area contributed by atoms with E-state index in [2.05, 4.69) is 24.2 Å². The van der Waals surface area contributed by atoms with Gasteiger partial charge in [-0.25, -0.2) is 0 Å². The van der Waals surface area contributed by atoms with Crippen LogP contribution in [0.3, 0.4) is 0 Å². The first kappa shape index (κ1) is 12.5. The lowest BCUT2D eigenvalue weighted by atomic mass is 9.87. The third-order valence-corrected chi connectivity index (χ3v) is 3.45. The molecule has 1 aliphatic carbocycles. The summed E-state index contributed by atoms with van der Waals surface area (Å²) in [5.41, 5.74) is 0. The monoisotopic (exact) mass is 212 g/mol. The van der Waals surface area contributed by atoms with Crippen LogP contribution in [0.25, 0.3) is 0 Å². The standard InChI is InChI=1S/C12H24N2O/c1-10-4-6-12(7-5-10)14(3)9-8-13-11(2)15/h10,12H,4-9H2,1-3H3,(H,13,15)/t10-,12-. The summed E-state index contributed by atoms with van der Waals surface area (Å²) in [7, 11) is 2.17. The van der Waals surface area contributed by atoms with E-state index in [1.54, 1.807) is 6.92 Å². The largest absolute Gasteiger partial charge is 0.355 e. The number of carbonyl (C=O) groups is 1. The first-order chi connectivity index (χ1) is 7.09. The molecule has 1 aliphatic rings. The Bertz CT molecular complexity index is 198. The van der Waals surface area contributed by atoms with Gasteiger partial charge in [0.25, 0.3) is 0 Å².